The van der Waals surface area contributed by atoms with Gasteiger partial charge in [0.2, 0.25) is 5.56 Å². The van der Waals surface area contributed by atoms with Crippen LogP contribution in [-0.4, -0.2) is 58.9 Å². The van der Waals surface area contributed by atoms with Crippen LogP contribution in [0.3, 0.4) is 0 Å². The molecule has 0 atom stereocenters. The Labute approximate surface area is 163 Å². The number of amides is 3. The summed E-state index contributed by atoms with van der Waals surface area (Å²) in [6.07, 6.45) is 5.72. The van der Waals surface area contributed by atoms with E-state index in [1.165, 1.54) is 25.3 Å². The van der Waals surface area contributed by atoms with Gasteiger partial charge in [-0.05, 0) is 18.9 Å². The van der Waals surface area contributed by atoms with Crippen molar-refractivity contribution in [3.63, 3.8) is 0 Å². The van der Waals surface area contributed by atoms with Gasteiger partial charge in [0, 0.05) is 49.2 Å². The maximum Gasteiger partial charge on any atom is 0.317 e. The normalized spacial score (nSPS) is 18.3. The van der Waals surface area contributed by atoms with Gasteiger partial charge in [0.1, 0.15) is 0 Å². The Bertz CT molecular complexity index is 925. The molecule has 1 saturated carbocycles. The van der Waals surface area contributed by atoms with Crippen molar-refractivity contribution in [3.05, 3.63) is 46.2 Å². The third-order valence-corrected chi connectivity index (χ3v) is 5.77. The Kier molecular flexibility index (Phi) is 5.32. The predicted molar refractivity (Wildman–Crippen MR) is 107 cm³/mol. The lowest BCUT2D eigenvalue weighted by Crippen LogP contribution is -2.54. The summed E-state index contributed by atoms with van der Waals surface area (Å²) in [5.74, 6) is -0.158. The molecule has 1 aliphatic carbocycles. The number of para-hydroxylation sites is 1. The number of H-pyrrole nitrogens is 1. The van der Waals surface area contributed by atoms with Crippen LogP contribution in [0.25, 0.3) is 10.9 Å². The van der Waals surface area contributed by atoms with Crippen molar-refractivity contribution in [2.75, 3.05) is 26.2 Å². The lowest BCUT2D eigenvalue weighted by molar-refractivity contribution is 0.0664. The number of benzene rings is 1. The van der Waals surface area contributed by atoms with Crippen LogP contribution in [0.2, 0.25) is 0 Å². The zero-order chi connectivity index (χ0) is 19.5. The Balaban J connectivity index is 1.40. The van der Waals surface area contributed by atoms with Crippen LogP contribution in [0, 0.1) is 0 Å². The zero-order valence-corrected chi connectivity index (χ0v) is 15.9. The Morgan fingerprint density at radius 3 is 2.39 bits per heavy atom. The summed E-state index contributed by atoms with van der Waals surface area (Å²) in [6, 6.07) is 8.94. The first-order valence-corrected chi connectivity index (χ1v) is 10.1. The fraction of sp³-hybridized carbons (Fsp3) is 0.476. The van der Waals surface area contributed by atoms with Gasteiger partial charge < -0.3 is 20.1 Å². The SMILES string of the molecule is O=C(NC1CCCCC1)N1CCN(C(=O)c2cc(=O)[nH]c3ccccc23)CC1. The van der Waals surface area contributed by atoms with E-state index in [0.29, 0.717) is 37.3 Å². The third-order valence-electron chi connectivity index (χ3n) is 5.77. The first-order chi connectivity index (χ1) is 13.6. The van der Waals surface area contributed by atoms with Gasteiger partial charge in [0.15, 0.2) is 0 Å². The number of rotatable bonds is 2. The summed E-state index contributed by atoms with van der Waals surface area (Å²) in [4.78, 5) is 43.7. The maximum atomic E-state index is 13.0. The molecule has 2 aliphatic rings. The maximum absolute atomic E-state index is 13.0. The Morgan fingerprint density at radius 2 is 1.64 bits per heavy atom. The zero-order valence-electron chi connectivity index (χ0n) is 15.9. The van der Waals surface area contributed by atoms with Gasteiger partial charge in [-0.2, -0.15) is 0 Å². The second kappa shape index (κ2) is 8.04. The molecule has 0 bridgehead atoms. The fourth-order valence-electron chi connectivity index (χ4n) is 4.18. The van der Waals surface area contributed by atoms with Crippen LogP contribution in [0.4, 0.5) is 4.79 Å². The molecule has 3 amide bonds. The highest BCUT2D eigenvalue weighted by atomic mass is 16.2. The van der Waals surface area contributed by atoms with E-state index in [2.05, 4.69) is 10.3 Å². The van der Waals surface area contributed by atoms with E-state index < -0.39 is 0 Å². The largest absolute Gasteiger partial charge is 0.335 e. The minimum absolute atomic E-state index is 0.0272. The molecule has 1 aliphatic heterocycles. The van der Waals surface area contributed by atoms with Crippen molar-refractivity contribution in [2.45, 2.75) is 38.1 Å². The molecule has 4 rings (SSSR count). The van der Waals surface area contributed by atoms with E-state index in [9.17, 15) is 14.4 Å². The van der Waals surface area contributed by atoms with Crippen molar-refractivity contribution in [1.82, 2.24) is 20.1 Å². The monoisotopic (exact) mass is 382 g/mol. The fourth-order valence-corrected chi connectivity index (χ4v) is 4.18. The summed E-state index contributed by atoms with van der Waals surface area (Å²) in [5, 5.41) is 3.87. The van der Waals surface area contributed by atoms with Crippen LogP contribution >= 0.6 is 0 Å². The predicted octanol–water partition coefficient (Wildman–Crippen LogP) is 2.33. The van der Waals surface area contributed by atoms with Gasteiger partial charge in [0.25, 0.3) is 5.91 Å². The first-order valence-electron chi connectivity index (χ1n) is 10.1. The second-order valence-corrected chi connectivity index (χ2v) is 7.66. The van der Waals surface area contributed by atoms with Crippen LogP contribution in [0.5, 0.6) is 0 Å². The van der Waals surface area contributed by atoms with Gasteiger partial charge in [-0.15, -0.1) is 0 Å². The molecule has 7 heteroatoms. The highest BCUT2D eigenvalue weighted by Crippen LogP contribution is 2.19. The van der Waals surface area contributed by atoms with Gasteiger partial charge in [0.05, 0.1) is 5.56 Å². The van der Waals surface area contributed by atoms with Crippen LogP contribution in [-0.2, 0) is 0 Å². The average Bonchev–Trinajstić information content (AvgIpc) is 2.73. The summed E-state index contributed by atoms with van der Waals surface area (Å²) < 4.78 is 0. The number of nitrogens with one attached hydrogen (secondary N) is 2. The van der Waals surface area contributed by atoms with E-state index in [0.717, 1.165) is 18.2 Å². The topological polar surface area (TPSA) is 85.5 Å². The van der Waals surface area contributed by atoms with Crippen molar-refractivity contribution < 1.29 is 9.59 Å². The van der Waals surface area contributed by atoms with Crippen LogP contribution in [0.15, 0.2) is 35.1 Å². The molecule has 148 valence electrons. The molecular formula is C21H26N4O3. The molecule has 0 radical (unpaired) electrons. The molecular weight excluding hydrogens is 356 g/mol. The van der Waals surface area contributed by atoms with E-state index >= 15 is 0 Å². The van der Waals surface area contributed by atoms with Crippen molar-refractivity contribution >= 4 is 22.8 Å². The van der Waals surface area contributed by atoms with E-state index in [1.807, 2.05) is 18.2 Å². The standard InChI is InChI=1S/C21H26N4O3/c26-19-14-17(16-8-4-5-9-18(16)23-19)20(27)24-10-12-25(13-11-24)21(28)22-15-6-2-1-3-7-15/h4-5,8-9,14-15H,1-3,6-7,10-13H2,(H,22,28)(H,23,26). The lowest BCUT2D eigenvalue weighted by Gasteiger charge is -2.36. The highest BCUT2D eigenvalue weighted by Gasteiger charge is 2.27. The smallest absolute Gasteiger partial charge is 0.317 e. The molecule has 2 heterocycles. The average molecular weight is 382 g/mol. The number of nitrogens with zero attached hydrogens (tertiary/aromatic N) is 2. The van der Waals surface area contributed by atoms with Crippen LogP contribution in [0.1, 0.15) is 42.5 Å². The number of piperazine rings is 1. The minimum atomic E-state index is -0.285. The molecule has 0 unspecified atom stereocenters. The first kappa shape index (κ1) is 18.5. The van der Waals surface area contributed by atoms with Crippen molar-refractivity contribution in [2.24, 2.45) is 0 Å². The number of fused-ring (bicyclic) bond motifs is 1. The quantitative estimate of drug-likeness (QED) is 0.836. The summed E-state index contributed by atoms with van der Waals surface area (Å²) in [5.41, 5.74) is 0.788. The van der Waals surface area contributed by atoms with Gasteiger partial charge in [-0.25, -0.2) is 4.79 Å². The van der Waals surface area contributed by atoms with Gasteiger partial charge in [-0.3, -0.25) is 9.59 Å². The summed E-state index contributed by atoms with van der Waals surface area (Å²) in [6.45, 7) is 1.95. The number of aromatic nitrogens is 1. The minimum Gasteiger partial charge on any atom is -0.335 e. The van der Waals surface area contributed by atoms with Gasteiger partial charge in [-0.1, -0.05) is 37.5 Å². The Morgan fingerprint density at radius 1 is 0.964 bits per heavy atom. The van der Waals surface area contributed by atoms with E-state index in [4.69, 9.17) is 0 Å². The second-order valence-electron chi connectivity index (χ2n) is 7.66. The van der Waals surface area contributed by atoms with Crippen molar-refractivity contribution in [3.8, 4) is 0 Å². The molecule has 28 heavy (non-hydrogen) atoms. The lowest BCUT2D eigenvalue weighted by atomic mass is 9.96. The molecule has 1 aromatic carbocycles. The van der Waals surface area contributed by atoms with Gasteiger partial charge >= 0.3 is 6.03 Å². The summed E-state index contributed by atoms with van der Waals surface area (Å²) in [7, 11) is 0. The van der Waals surface area contributed by atoms with E-state index in [1.54, 1.807) is 15.9 Å². The molecule has 7 nitrogen and oxygen atoms in total. The molecule has 1 saturated heterocycles. The number of carbonyl (C=O) groups is 2. The molecule has 2 aromatic rings. The molecule has 0 spiro atoms. The van der Waals surface area contributed by atoms with E-state index in [-0.39, 0.29) is 23.5 Å². The number of pyridine rings is 1. The third kappa shape index (κ3) is 3.88. The number of hydrogen-bond donors (Lipinski definition) is 2. The number of carbonyl (C=O) groups excluding carboxylic acids is 2. The number of hydrogen-bond acceptors (Lipinski definition) is 3. The van der Waals surface area contributed by atoms with Crippen molar-refractivity contribution in [1.29, 1.82) is 0 Å². The highest BCUT2D eigenvalue weighted by molar-refractivity contribution is 6.06. The molecule has 2 N–H and O–H groups in total. The Hall–Kier alpha value is -2.83. The van der Waals surface area contributed by atoms with Crippen LogP contribution < -0.4 is 10.9 Å². The molecule has 1 aromatic heterocycles. The number of aromatic amines is 1. The molecule has 2 fully saturated rings. The number of urea groups is 1. The summed E-state index contributed by atoms with van der Waals surface area (Å²) >= 11 is 0.